The lowest BCUT2D eigenvalue weighted by atomic mass is 9.47. The molecule has 0 aromatic heterocycles. The van der Waals surface area contributed by atoms with Crippen molar-refractivity contribution >= 4 is 5.78 Å². The molecule has 4 aliphatic rings. The molecule has 19 heavy (non-hydrogen) atoms. The maximum absolute atomic E-state index is 12.6. The van der Waals surface area contributed by atoms with Crippen LogP contribution in [0.2, 0.25) is 0 Å². The Hall–Kier alpha value is -1.35. The first-order valence-electron chi connectivity index (χ1n) is 6.76. The minimum atomic E-state index is -1.34. The molecule has 1 fully saturated rings. The normalized spacial score (nSPS) is 48.4. The van der Waals surface area contributed by atoms with Gasteiger partial charge >= 0.3 is 0 Å². The van der Waals surface area contributed by atoms with Gasteiger partial charge in [-0.05, 0) is 38.8 Å². The monoisotopic (exact) mass is 260 g/mol. The van der Waals surface area contributed by atoms with E-state index in [0.29, 0.717) is 5.76 Å². The van der Waals surface area contributed by atoms with Crippen LogP contribution in [0.4, 0.5) is 0 Å². The van der Waals surface area contributed by atoms with E-state index < -0.39 is 11.0 Å². The van der Waals surface area contributed by atoms with Gasteiger partial charge in [0.05, 0.1) is 5.41 Å². The number of hydrogen-bond donors (Lipinski definition) is 2. The molecular weight excluding hydrogens is 240 g/mol. The minimum absolute atomic E-state index is 0.00593. The maximum Gasteiger partial charge on any atom is 0.174 e. The number of rotatable bonds is 0. The molecular formula is C16H20O3. The number of Topliss-reactive ketones (excluding diaryl/α,β-unsaturated/α-hetero) is 1. The fraction of sp³-hybridized carbons (Fsp3) is 0.562. The molecule has 4 aliphatic carbocycles. The highest BCUT2D eigenvalue weighted by Crippen LogP contribution is 2.58. The van der Waals surface area contributed by atoms with Gasteiger partial charge < -0.3 is 10.2 Å². The number of allylic oxidation sites excluding steroid dienone is 4. The number of aliphatic hydroxyl groups is 2. The van der Waals surface area contributed by atoms with Gasteiger partial charge in [0.1, 0.15) is 11.4 Å². The number of carbonyl (C=O) groups is 1. The van der Waals surface area contributed by atoms with Crippen molar-refractivity contribution in [3.05, 3.63) is 35.1 Å². The first-order chi connectivity index (χ1) is 8.71. The van der Waals surface area contributed by atoms with Gasteiger partial charge in [-0.1, -0.05) is 18.2 Å². The van der Waals surface area contributed by atoms with Crippen LogP contribution >= 0.6 is 0 Å². The molecule has 3 heteroatoms. The van der Waals surface area contributed by atoms with Crippen LogP contribution in [0.1, 0.15) is 27.7 Å². The highest BCUT2D eigenvalue weighted by Gasteiger charge is 2.63. The Morgan fingerprint density at radius 1 is 1.21 bits per heavy atom. The van der Waals surface area contributed by atoms with Crippen molar-refractivity contribution in [1.82, 2.24) is 0 Å². The Kier molecular flexibility index (Phi) is 2.27. The number of ketones is 1. The van der Waals surface area contributed by atoms with E-state index in [0.717, 1.165) is 11.1 Å². The van der Waals surface area contributed by atoms with Crippen molar-refractivity contribution in [3.8, 4) is 0 Å². The number of hydrogen-bond acceptors (Lipinski definition) is 3. The molecule has 5 unspecified atom stereocenters. The summed E-state index contributed by atoms with van der Waals surface area (Å²) in [6.07, 6.45) is 5.89. The molecule has 2 N–H and O–H groups in total. The quantitative estimate of drug-likeness (QED) is 0.658. The molecule has 1 saturated carbocycles. The Morgan fingerprint density at radius 2 is 1.84 bits per heavy atom. The second kappa shape index (κ2) is 3.40. The summed E-state index contributed by atoms with van der Waals surface area (Å²) in [4.78, 5) is 12.6. The third-order valence-electron chi connectivity index (χ3n) is 5.39. The smallest absolute Gasteiger partial charge is 0.174 e. The van der Waals surface area contributed by atoms with Gasteiger partial charge in [0, 0.05) is 17.8 Å². The van der Waals surface area contributed by atoms with Gasteiger partial charge in [0.15, 0.2) is 5.78 Å². The van der Waals surface area contributed by atoms with Crippen molar-refractivity contribution < 1.29 is 15.0 Å². The maximum atomic E-state index is 12.6. The highest BCUT2D eigenvalue weighted by molar-refractivity contribution is 5.97. The summed E-state index contributed by atoms with van der Waals surface area (Å²) in [5.74, 6) is -0.00288. The summed E-state index contributed by atoms with van der Waals surface area (Å²) in [5, 5.41) is 20.7. The third kappa shape index (κ3) is 1.29. The fourth-order valence-electron chi connectivity index (χ4n) is 4.22. The van der Waals surface area contributed by atoms with E-state index in [1.165, 1.54) is 0 Å². The lowest BCUT2D eigenvalue weighted by Gasteiger charge is -2.56. The van der Waals surface area contributed by atoms with E-state index in [1.807, 2.05) is 39.0 Å². The Labute approximate surface area is 113 Å². The van der Waals surface area contributed by atoms with Gasteiger partial charge in [0.2, 0.25) is 0 Å². The van der Waals surface area contributed by atoms with Crippen molar-refractivity contribution in [2.24, 2.45) is 23.2 Å². The first kappa shape index (κ1) is 12.7. The Balaban J connectivity index is 2.24. The van der Waals surface area contributed by atoms with E-state index in [1.54, 1.807) is 6.92 Å². The van der Waals surface area contributed by atoms with Crippen LogP contribution in [-0.4, -0.2) is 21.6 Å². The second-order valence-corrected chi connectivity index (χ2v) is 6.58. The van der Waals surface area contributed by atoms with Gasteiger partial charge in [-0.3, -0.25) is 4.79 Å². The molecule has 102 valence electrons. The molecule has 0 saturated heterocycles. The van der Waals surface area contributed by atoms with Crippen LogP contribution in [0.15, 0.2) is 35.1 Å². The first-order valence-corrected chi connectivity index (χ1v) is 6.76. The van der Waals surface area contributed by atoms with Crippen LogP contribution in [-0.2, 0) is 4.79 Å². The van der Waals surface area contributed by atoms with Crippen LogP contribution < -0.4 is 0 Å². The molecule has 4 rings (SSSR count). The summed E-state index contributed by atoms with van der Waals surface area (Å²) in [6, 6.07) is 0. The Morgan fingerprint density at radius 3 is 2.47 bits per heavy atom. The van der Waals surface area contributed by atoms with Crippen molar-refractivity contribution in [1.29, 1.82) is 0 Å². The summed E-state index contributed by atoms with van der Waals surface area (Å²) < 4.78 is 0. The van der Waals surface area contributed by atoms with Crippen molar-refractivity contribution in [2.75, 3.05) is 0 Å². The van der Waals surface area contributed by atoms with Gasteiger partial charge in [-0.2, -0.15) is 0 Å². The number of fused-ring (bicyclic) bond motifs is 1. The SMILES string of the molecule is CC1=CC2C(C(C)=C1O)C1C=CC2(C)C(=O)C1(C)O. The molecule has 0 aliphatic heterocycles. The van der Waals surface area contributed by atoms with Crippen LogP contribution in [0.5, 0.6) is 0 Å². The lowest BCUT2D eigenvalue weighted by molar-refractivity contribution is -0.163. The van der Waals surface area contributed by atoms with Crippen molar-refractivity contribution in [3.63, 3.8) is 0 Å². The molecule has 0 aromatic carbocycles. The van der Waals surface area contributed by atoms with Crippen LogP contribution in [0.25, 0.3) is 0 Å². The molecule has 3 nitrogen and oxygen atoms in total. The van der Waals surface area contributed by atoms with E-state index in [2.05, 4.69) is 0 Å². The highest BCUT2D eigenvalue weighted by atomic mass is 16.3. The summed E-state index contributed by atoms with van der Waals surface area (Å²) >= 11 is 0. The molecule has 0 radical (unpaired) electrons. The van der Waals surface area contributed by atoms with E-state index in [4.69, 9.17) is 0 Å². The number of carbonyl (C=O) groups excluding carboxylic acids is 1. The summed E-state index contributed by atoms with van der Waals surface area (Å²) in [6.45, 7) is 7.27. The lowest BCUT2D eigenvalue weighted by Crippen LogP contribution is -2.64. The second-order valence-electron chi connectivity index (χ2n) is 6.58. The fourth-order valence-corrected chi connectivity index (χ4v) is 4.22. The van der Waals surface area contributed by atoms with E-state index in [-0.39, 0.29) is 23.5 Å². The minimum Gasteiger partial charge on any atom is -0.508 e. The predicted molar refractivity (Wildman–Crippen MR) is 72.4 cm³/mol. The standard InChI is InChI=1S/C16H20O3/c1-8-7-11-12(9(2)13(8)17)10-5-6-15(11,3)14(18)16(10,4)19/h5-7,10-12,17,19H,1-4H3. The predicted octanol–water partition coefficient (Wildman–Crippen LogP) is 2.54. The Bertz CT molecular complexity index is 565. The zero-order valence-corrected chi connectivity index (χ0v) is 11.8. The van der Waals surface area contributed by atoms with E-state index in [9.17, 15) is 15.0 Å². The molecule has 2 bridgehead atoms. The molecule has 5 atom stereocenters. The molecule has 0 heterocycles. The van der Waals surface area contributed by atoms with Crippen LogP contribution in [0.3, 0.4) is 0 Å². The molecule has 0 amide bonds. The van der Waals surface area contributed by atoms with Gasteiger partial charge in [-0.15, -0.1) is 0 Å². The molecule has 0 aromatic rings. The number of aliphatic hydroxyl groups excluding tert-OH is 1. The third-order valence-corrected chi connectivity index (χ3v) is 5.39. The van der Waals surface area contributed by atoms with Gasteiger partial charge in [0.25, 0.3) is 0 Å². The summed E-state index contributed by atoms with van der Waals surface area (Å²) in [5.41, 5.74) is -0.302. The zero-order chi connectivity index (χ0) is 14.2. The molecule has 0 spiro atoms. The average Bonchev–Trinajstić information content (AvgIpc) is 2.34. The van der Waals surface area contributed by atoms with Crippen molar-refractivity contribution in [2.45, 2.75) is 33.3 Å². The van der Waals surface area contributed by atoms with Gasteiger partial charge in [-0.25, -0.2) is 0 Å². The van der Waals surface area contributed by atoms with E-state index >= 15 is 0 Å². The summed E-state index contributed by atoms with van der Waals surface area (Å²) in [7, 11) is 0. The zero-order valence-electron chi connectivity index (χ0n) is 11.8. The van der Waals surface area contributed by atoms with Crippen LogP contribution in [0, 0.1) is 23.2 Å². The average molecular weight is 260 g/mol. The topological polar surface area (TPSA) is 57.5 Å². The largest absolute Gasteiger partial charge is 0.508 e.